The predicted molar refractivity (Wildman–Crippen MR) is 71.2 cm³/mol. The summed E-state index contributed by atoms with van der Waals surface area (Å²) in [6, 6.07) is -2.30. The van der Waals surface area contributed by atoms with Crippen molar-refractivity contribution < 1.29 is 76.1 Å². The first-order valence-electron chi connectivity index (χ1n) is 6.88. The molecule has 0 bridgehead atoms. The van der Waals surface area contributed by atoms with Crippen molar-refractivity contribution >= 4 is 15.9 Å². The lowest BCUT2D eigenvalue weighted by atomic mass is 9.84. The maximum Gasteiger partial charge on any atom is 0.430 e. The van der Waals surface area contributed by atoms with Crippen LogP contribution in [0.25, 0.3) is 0 Å². The van der Waals surface area contributed by atoms with Crippen molar-refractivity contribution in [2.75, 3.05) is 0 Å². The molecule has 0 amide bonds. The minimum Gasteiger partial charge on any atom is -0.369 e. The van der Waals surface area contributed by atoms with Gasteiger partial charge in [-0.15, -0.1) is 0 Å². The molecule has 180 valence electrons. The monoisotopic (exact) mass is 556 g/mol. The first kappa shape index (κ1) is 27.6. The summed E-state index contributed by atoms with van der Waals surface area (Å²) >= 11 is 1.54. The van der Waals surface area contributed by atoms with Gasteiger partial charge in [-0.05, 0) is 28.1 Å². The van der Waals surface area contributed by atoms with E-state index in [0.717, 1.165) is 0 Å². The maximum absolute atomic E-state index is 13.0. The molecule has 0 aliphatic heterocycles. The van der Waals surface area contributed by atoms with E-state index in [1.807, 2.05) is 0 Å². The molecule has 31 heavy (non-hydrogen) atoms. The Kier molecular flexibility index (Phi) is 6.49. The highest BCUT2D eigenvalue weighted by atomic mass is 79.9. The first-order chi connectivity index (χ1) is 13.2. The highest BCUT2D eigenvalue weighted by molar-refractivity contribution is 9.10. The summed E-state index contributed by atoms with van der Waals surface area (Å²) in [7, 11) is 0. The molecule has 0 aromatic heterocycles. The second-order valence-corrected chi connectivity index (χ2v) is 6.59. The third-order valence-electron chi connectivity index (χ3n) is 3.82. The quantitative estimate of drug-likeness (QED) is 0.433. The summed E-state index contributed by atoms with van der Waals surface area (Å²) in [4.78, 5) is 0. The fraction of sp³-hybridized carbons (Fsp3) is 0.538. The van der Waals surface area contributed by atoms with Crippen LogP contribution in [-0.2, 0) is 17.4 Å². The fourth-order valence-electron chi connectivity index (χ4n) is 2.25. The molecule has 0 saturated carbocycles. The second-order valence-electron chi connectivity index (χ2n) is 5.79. The topological polar surface area (TPSA) is 40.5 Å². The summed E-state index contributed by atoms with van der Waals surface area (Å²) < 4.78 is 192. The van der Waals surface area contributed by atoms with E-state index in [4.69, 9.17) is 0 Å². The zero-order valence-corrected chi connectivity index (χ0v) is 15.2. The van der Waals surface area contributed by atoms with E-state index in [0.29, 0.717) is 0 Å². The molecule has 0 aliphatic rings. The molecular weight excluding hydrogens is 553 g/mol. The highest BCUT2D eigenvalue weighted by Crippen LogP contribution is 2.57. The van der Waals surface area contributed by atoms with E-state index in [1.165, 1.54) is 15.9 Å². The van der Waals surface area contributed by atoms with E-state index in [2.05, 4.69) is 0 Å². The molecule has 0 heterocycles. The van der Waals surface area contributed by atoms with Crippen LogP contribution in [0.4, 0.5) is 65.9 Å². The van der Waals surface area contributed by atoms with E-state index < -0.39 is 75.4 Å². The number of rotatable bonds is 2. The first-order valence-corrected chi connectivity index (χ1v) is 7.67. The number of aliphatic hydroxyl groups is 2. The average molecular weight is 557 g/mol. The standard InChI is InChI=1S/C13H4BrF15O2/c14-6-4(7(30,10(18,19)20)11(21,22)23)1-3(9(15,16)17)2-5(6)8(31,12(24,25)26)13(27,28)29/h1-2,30-31H. The Morgan fingerprint density at radius 3 is 0.903 bits per heavy atom. The van der Waals surface area contributed by atoms with Gasteiger partial charge >= 0.3 is 30.9 Å². The van der Waals surface area contributed by atoms with Crippen LogP contribution in [-0.4, -0.2) is 34.9 Å². The van der Waals surface area contributed by atoms with Crippen LogP contribution >= 0.6 is 15.9 Å². The third kappa shape index (κ3) is 4.29. The number of benzene rings is 1. The summed E-state index contributed by atoms with van der Waals surface area (Å²) in [6.45, 7) is 0. The molecule has 0 radical (unpaired) electrons. The lowest BCUT2D eigenvalue weighted by Gasteiger charge is -2.37. The van der Waals surface area contributed by atoms with Crippen molar-refractivity contribution in [3.8, 4) is 0 Å². The highest BCUT2D eigenvalue weighted by Gasteiger charge is 2.75. The Bertz CT molecular complexity index is 741. The van der Waals surface area contributed by atoms with Gasteiger partial charge in [0.1, 0.15) is 0 Å². The number of hydrogen-bond donors (Lipinski definition) is 2. The van der Waals surface area contributed by atoms with Gasteiger partial charge in [-0.1, -0.05) is 0 Å². The van der Waals surface area contributed by atoms with Crippen molar-refractivity contribution in [1.82, 2.24) is 0 Å². The van der Waals surface area contributed by atoms with Gasteiger partial charge in [0.25, 0.3) is 11.2 Å². The molecule has 2 N–H and O–H groups in total. The molecule has 0 saturated heterocycles. The van der Waals surface area contributed by atoms with Crippen LogP contribution in [0, 0.1) is 0 Å². The Morgan fingerprint density at radius 1 is 0.516 bits per heavy atom. The SMILES string of the molecule is OC(c1cc(C(F)(F)F)cc(C(O)(C(F)(F)F)C(F)(F)F)c1Br)(C(F)(F)F)C(F)(F)F. The summed E-state index contributed by atoms with van der Waals surface area (Å²) in [6.07, 6.45) is -34.0. The van der Waals surface area contributed by atoms with Crippen molar-refractivity contribution in [3.05, 3.63) is 33.3 Å². The van der Waals surface area contributed by atoms with Gasteiger partial charge < -0.3 is 10.2 Å². The predicted octanol–water partition coefficient (Wildman–Crippen LogP) is 6.09. The minimum atomic E-state index is -6.98. The molecular formula is C13H4BrF15O2. The lowest BCUT2D eigenvalue weighted by molar-refractivity contribution is -0.378. The lowest BCUT2D eigenvalue weighted by Crippen LogP contribution is -2.56. The van der Waals surface area contributed by atoms with Gasteiger partial charge in [0.05, 0.1) is 5.56 Å². The number of hydrogen-bond acceptors (Lipinski definition) is 2. The largest absolute Gasteiger partial charge is 0.430 e. The van der Waals surface area contributed by atoms with E-state index in [1.54, 1.807) is 0 Å². The molecule has 0 fully saturated rings. The number of alkyl halides is 15. The van der Waals surface area contributed by atoms with Crippen molar-refractivity contribution in [1.29, 1.82) is 0 Å². The Hall–Kier alpha value is -1.43. The van der Waals surface area contributed by atoms with Crippen LogP contribution < -0.4 is 0 Å². The van der Waals surface area contributed by atoms with Gasteiger partial charge in [-0.2, -0.15) is 65.9 Å². The van der Waals surface area contributed by atoms with Crippen LogP contribution in [0.15, 0.2) is 16.6 Å². The molecule has 1 aromatic rings. The van der Waals surface area contributed by atoms with E-state index >= 15 is 0 Å². The molecule has 0 unspecified atom stereocenters. The molecule has 2 nitrogen and oxygen atoms in total. The maximum atomic E-state index is 13.0. The third-order valence-corrected chi connectivity index (χ3v) is 4.67. The summed E-state index contributed by atoms with van der Waals surface area (Å²) in [5, 5.41) is 18.5. The molecule has 0 aliphatic carbocycles. The van der Waals surface area contributed by atoms with Gasteiger partial charge in [0, 0.05) is 15.6 Å². The van der Waals surface area contributed by atoms with Gasteiger partial charge in [0.2, 0.25) is 0 Å². The van der Waals surface area contributed by atoms with Crippen molar-refractivity contribution in [3.63, 3.8) is 0 Å². The van der Waals surface area contributed by atoms with E-state index in [-0.39, 0.29) is 0 Å². The molecule has 18 heteroatoms. The van der Waals surface area contributed by atoms with Gasteiger partial charge in [-0.3, -0.25) is 0 Å². The second kappa shape index (κ2) is 7.29. The van der Waals surface area contributed by atoms with Crippen LogP contribution in [0.2, 0.25) is 0 Å². The molecule has 0 spiro atoms. The fourth-order valence-corrected chi connectivity index (χ4v) is 3.05. The van der Waals surface area contributed by atoms with Crippen molar-refractivity contribution in [2.24, 2.45) is 0 Å². The van der Waals surface area contributed by atoms with Crippen LogP contribution in [0.5, 0.6) is 0 Å². The normalized spacial score (nSPS) is 15.4. The minimum absolute atomic E-state index is 1.15. The Labute approximate surface area is 168 Å². The zero-order chi connectivity index (χ0) is 25.2. The summed E-state index contributed by atoms with van der Waals surface area (Å²) in [5.41, 5.74) is -21.9. The van der Waals surface area contributed by atoms with Crippen LogP contribution in [0.3, 0.4) is 0 Å². The zero-order valence-electron chi connectivity index (χ0n) is 13.6. The Balaban J connectivity index is 4.36. The molecule has 1 aromatic carbocycles. The van der Waals surface area contributed by atoms with E-state index in [9.17, 15) is 76.1 Å². The average Bonchev–Trinajstić information content (AvgIpc) is 2.48. The molecule has 1 rings (SSSR count). The smallest absolute Gasteiger partial charge is 0.369 e. The van der Waals surface area contributed by atoms with Gasteiger partial charge in [0.15, 0.2) is 0 Å². The molecule has 0 atom stereocenters. The number of halogens is 16. The van der Waals surface area contributed by atoms with Crippen molar-refractivity contribution in [2.45, 2.75) is 42.1 Å². The van der Waals surface area contributed by atoms with Gasteiger partial charge in [-0.25, -0.2) is 0 Å². The Morgan fingerprint density at radius 2 is 0.742 bits per heavy atom. The summed E-state index contributed by atoms with van der Waals surface area (Å²) in [5.74, 6) is 0. The van der Waals surface area contributed by atoms with Crippen LogP contribution in [0.1, 0.15) is 16.7 Å².